The fourth-order valence-corrected chi connectivity index (χ4v) is 3.44. The zero-order valence-corrected chi connectivity index (χ0v) is 14.4. The van der Waals surface area contributed by atoms with Gasteiger partial charge in [0.25, 0.3) is 0 Å². The third-order valence-corrected chi connectivity index (χ3v) is 5.96. The van der Waals surface area contributed by atoms with Crippen LogP contribution in [0.1, 0.15) is 13.8 Å². The van der Waals surface area contributed by atoms with E-state index in [4.69, 9.17) is 12.2 Å². The number of nitrogens with zero attached hydrogens (tertiary/aromatic N) is 1. The molecule has 0 aliphatic carbocycles. The van der Waals surface area contributed by atoms with E-state index in [1.54, 1.807) is 23.9 Å². The summed E-state index contributed by atoms with van der Waals surface area (Å²) in [5.41, 5.74) is 1.43. The van der Waals surface area contributed by atoms with Crippen LogP contribution in [0.3, 0.4) is 0 Å². The monoisotopic (exact) mass is 330 g/mol. The van der Waals surface area contributed by atoms with Crippen LogP contribution in [0.25, 0.3) is 11.0 Å². The van der Waals surface area contributed by atoms with E-state index in [0.29, 0.717) is 15.2 Å². The zero-order valence-electron chi connectivity index (χ0n) is 11.9. The second-order valence-corrected chi connectivity index (χ2v) is 9.29. The van der Waals surface area contributed by atoms with Crippen molar-refractivity contribution in [2.24, 2.45) is 0 Å². The SMILES string of the molecule is CSC(C)(C)Cn1c(=S)[nH]c2c(S(C)(=O)=O)cccc21. The zero-order chi connectivity index (χ0) is 15.1. The highest BCUT2D eigenvalue weighted by molar-refractivity contribution is 7.99. The largest absolute Gasteiger partial charge is 0.329 e. The van der Waals surface area contributed by atoms with E-state index in [0.717, 1.165) is 12.1 Å². The van der Waals surface area contributed by atoms with Gasteiger partial charge >= 0.3 is 0 Å². The molecule has 0 spiro atoms. The molecule has 4 nitrogen and oxygen atoms in total. The Balaban J connectivity index is 2.71. The van der Waals surface area contributed by atoms with E-state index in [2.05, 4.69) is 25.1 Å². The van der Waals surface area contributed by atoms with Crippen molar-refractivity contribution in [2.45, 2.75) is 30.0 Å². The van der Waals surface area contributed by atoms with Crippen molar-refractivity contribution < 1.29 is 8.42 Å². The molecule has 0 fully saturated rings. The van der Waals surface area contributed by atoms with Crippen molar-refractivity contribution in [1.29, 1.82) is 0 Å². The van der Waals surface area contributed by atoms with Gasteiger partial charge in [-0.15, -0.1) is 0 Å². The number of para-hydroxylation sites is 1. The summed E-state index contributed by atoms with van der Waals surface area (Å²) in [4.78, 5) is 3.33. The van der Waals surface area contributed by atoms with E-state index in [1.807, 2.05) is 10.6 Å². The molecule has 0 amide bonds. The fraction of sp³-hybridized carbons (Fsp3) is 0.462. The lowest BCUT2D eigenvalue weighted by Crippen LogP contribution is -2.22. The average Bonchev–Trinajstić information content (AvgIpc) is 2.64. The maximum absolute atomic E-state index is 11.8. The van der Waals surface area contributed by atoms with Gasteiger partial charge in [-0.1, -0.05) is 6.07 Å². The highest BCUT2D eigenvalue weighted by atomic mass is 32.2. The molecule has 0 saturated carbocycles. The summed E-state index contributed by atoms with van der Waals surface area (Å²) in [6.07, 6.45) is 3.27. The predicted molar refractivity (Wildman–Crippen MR) is 87.8 cm³/mol. The number of benzene rings is 1. The standard InChI is InChI=1S/C13H18N2O2S3/c1-13(2,19-3)8-15-9-6-5-7-10(20(4,16)17)11(9)14-12(15)18/h5-7H,8H2,1-4H3,(H,14,18). The van der Waals surface area contributed by atoms with Gasteiger partial charge in [0.15, 0.2) is 14.6 Å². The minimum atomic E-state index is -3.28. The van der Waals surface area contributed by atoms with Crippen molar-refractivity contribution in [3.05, 3.63) is 23.0 Å². The molecule has 110 valence electrons. The smallest absolute Gasteiger partial charge is 0.178 e. The van der Waals surface area contributed by atoms with Gasteiger partial charge in [-0.05, 0) is 44.5 Å². The molecule has 0 bridgehead atoms. The molecule has 7 heteroatoms. The van der Waals surface area contributed by atoms with Crippen LogP contribution in [-0.2, 0) is 16.4 Å². The Bertz CT molecular complexity index is 801. The van der Waals surface area contributed by atoms with Gasteiger partial charge in [-0.3, -0.25) is 0 Å². The number of H-pyrrole nitrogens is 1. The molecule has 0 unspecified atom stereocenters. The molecular weight excluding hydrogens is 312 g/mol. The number of imidazole rings is 1. The maximum atomic E-state index is 11.8. The van der Waals surface area contributed by atoms with E-state index in [9.17, 15) is 8.42 Å². The summed E-state index contributed by atoms with van der Waals surface area (Å²) in [6.45, 7) is 5.00. The number of thioether (sulfide) groups is 1. The highest BCUT2D eigenvalue weighted by Crippen LogP contribution is 2.28. The minimum absolute atomic E-state index is 0.0223. The summed E-state index contributed by atoms with van der Waals surface area (Å²) < 4.78 is 26.2. The van der Waals surface area contributed by atoms with Gasteiger partial charge in [-0.2, -0.15) is 11.8 Å². The van der Waals surface area contributed by atoms with Gasteiger partial charge in [0, 0.05) is 17.5 Å². The molecule has 0 saturated heterocycles. The molecule has 0 aliphatic rings. The molecule has 1 heterocycles. The van der Waals surface area contributed by atoms with E-state index >= 15 is 0 Å². The summed E-state index contributed by atoms with van der Waals surface area (Å²) >= 11 is 7.11. The molecule has 2 aromatic rings. The Morgan fingerprint density at radius 2 is 2.05 bits per heavy atom. The van der Waals surface area contributed by atoms with Crippen LogP contribution in [0, 0.1) is 4.77 Å². The molecule has 0 atom stereocenters. The number of sulfone groups is 1. The lowest BCUT2D eigenvalue weighted by atomic mass is 10.2. The molecule has 1 aromatic heterocycles. The second kappa shape index (κ2) is 5.20. The van der Waals surface area contributed by atoms with Gasteiger partial charge in [0.1, 0.15) is 0 Å². The van der Waals surface area contributed by atoms with Crippen LogP contribution in [-0.4, -0.2) is 35.2 Å². The first kappa shape index (κ1) is 15.6. The number of rotatable bonds is 4. The third-order valence-electron chi connectivity index (χ3n) is 3.26. The summed E-state index contributed by atoms with van der Waals surface area (Å²) in [7, 11) is -3.28. The van der Waals surface area contributed by atoms with E-state index < -0.39 is 9.84 Å². The Labute approximate surface area is 128 Å². The number of hydrogen-bond donors (Lipinski definition) is 1. The Kier molecular flexibility index (Phi) is 4.05. The Morgan fingerprint density at radius 1 is 1.40 bits per heavy atom. The molecule has 20 heavy (non-hydrogen) atoms. The van der Waals surface area contributed by atoms with Gasteiger partial charge in [-0.25, -0.2) is 8.42 Å². The van der Waals surface area contributed by atoms with Crippen LogP contribution in [0.2, 0.25) is 0 Å². The van der Waals surface area contributed by atoms with E-state index in [-0.39, 0.29) is 4.75 Å². The average molecular weight is 331 g/mol. The van der Waals surface area contributed by atoms with E-state index in [1.165, 1.54) is 6.26 Å². The topological polar surface area (TPSA) is 54.9 Å². The third kappa shape index (κ3) is 2.94. The van der Waals surface area contributed by atoms with Gasteiger partial charge in [0.05, 0.1) is 15.9 Å². The van der Waals surface area contributed by atoms with Crippen LogP contribution in [0.15, 0.2) is 23.1 Å². The lowest BCUT2D eigenvalue weighted by molar-refractivity contribution is 0.575. The predicted octanol–water partition coefficient (Wildman–Crippen LogP) is 3.24. The molecule has 1 aromatic carbocycles. The summed E-state index contributed by atoms with van der Waals surface area (Å²) in [5, 5.41) is 0. The first-order valence-electron chi connectivity index (χ1n) is 6.12. The highest BCUT2D eigenvalue weighted by Gasteiger charge is 2.21. The van der Waals surface area contributed by atoms with Crippen LogP contribution >= 0.6 is 24.0 Å². The number of hydrogen-bond acceptors (Lipinski definition) is 4. The second-order valence-electron chi connectivity index (χ2n) is 5.40. The van der Waals surface area contributed by atoms with Crippen molar-refractivity contribution in [3.8, 4) is 0 Å². The first-order chi connectivity index (χ1) is 9.15. The first-order valence-corrected chi connectivity index (χ1v) is 9.65. The minimum Gasteiger partial charge on any atom is -0.329 e. The number of fused-ring (bicyclic) bond motifs is 1. The normalized spacial score (nSPS) is 13.0. The van der Waals surface area contributed by atoms with Gasteiger partial charge in [0.2, 0.25) is 0 Å². The molecule has 1 N–H and O–H groups in total. The lowest BCUT2D eigenvalue weighted by Gasteiger charge is -2.22. The quantitative estimate of drug-likeness (QED) is 0.874. The van der Waals surface area contributed by atoms with Crippen molar-refractivity contribution >= 4 is 44.9 Å². The molecule has 0 radical (unpaired) electrons. The Morgan fingerprint density at radius 3 is 2.60 bits per heavy atom. The molecule has 2 rings (SSSR count). The van der Waals surface area contributed by atoms with Crippen molar-refractivity contribution in [2.75, 3.05) is 12.5 Å². The van der Waals surface area contributed by atoms with Crippen molar-refractivity contribution in [3.63, 3.8) is 0 Å². The van der Waals surface area contributed by atoms with Crippen LogP contribution in [0.5, 0.6) is 0 Å². The van der Waals surface area contributed by atoms with Gasteiger partial charge < -0.3 is 9.55 Å². The molecular formula is C13H18N2O2S3. The Hall–Kier alpha value is -0.790. The summed E-state index contributed by atoms with van der Waals surface area (Å²) in [6, 6.07) is 5.25. The van der Waals surface area contributed by atoms with Crippen molar-refractivity contribution in [1.82, 2.24) is 9.55 Å². The fourth-order valence-electron chi connectivity index (χ4n) is 2.07. The van der Waals surface area contributed by atoms with Crippen LogP contribution < -0.4 is 0 Å². The number of aromatic nitrogens is 2. The summed E-state index contributed by atoms with van der Waals surface area (Å²) in [5.74, 6) is 0. The van der Waals surface area contributed by atoms with Crippen LogP contribution in [0.4, 0.5) is 0 Å². The molecule has 0 aliphatic heterocycles. The number of aromatic amines is 1. The maximum Gasteiger partial charge on any atom is 0.178 e. The number of nitrogens with one attached hydrogen (secondary N) is 1.